The van der Waals surface area contributed by atoms with Gasteiger partial charge >= 0.3 is 6.18 Å². The van der Waals surface area contributed by atoms with Gasteiger partial charge < -0.3 is 15.1 Å². The Morgan fingerprint density at radius 3 is 2.27 bits per heavy atom. The topological polar surface area (TPSA) is 74.2 Å². The number of aryl methyl sites for hydroxylation is 2. The summed E-state index contributed by atoms with van der Waals surface area (Å²) >= 11 is 0. The van der Waals surface area contributed by atoms with E-state index in [4.69, 9.17) is 0 Å². The molecule has 1 aliphatic rings. The first-order valence-electron chi connectivity index (χ1n) is 10.5. The van der Waals surface area contributed by atoms with Gasteiger partial charge in [0.2, 0.25) is 5.95 Å². The number of anilines is 3. The zero-order chi connectivity index (χ0) is 23.6. The molecule has 33 heavy (non-hydrogen) atoms. The summed E-state index contributed by atoms with van der Waals surface area (Å²) in [5.74, 6) is 0.903. The van der Waals surface area contributed by atoms with Crippen molar-refractivity contribution in [2.75, 3.05) is 36.4 Å². The van der Waals surface area contributed by atoms with Crippen molar-refractivity contribution in [2.24, 2.45) is 0 Å². The molecule has 3 aromatic rings. The molecule has 172 valence electrons. The van der Waals surface area contributed by atoms with Crippen LogP contribution in [-0.2, 0) is 6.18 Å². The summed E-state index contributed by atoms with van der Waals surface area (Å²) in [5, 5.41) is 3.21. The third-order valence-corrected chi connectivity index (χ3v) is 5.34. The number of rotatable bonds is 4. The number of nitrogens with zero attached hydrogens (tertiary/aromatic N) is 5. The fourth-order valence-electron chi connectivity index (χ4n) is 3.55. The average molecular weight is 456 g/mol. The van der Waals surface area contributed by atoms with E-state index in [1.54, 1.807) is 4.90 Å². The molecule has 1 N–H and O–H groups in total. The van der Waals surface area contributed by atoms with E-state index in [-0.39, 0.29) is 11.5 Å². The molecule has 3 heterocycles. The van der Waals surface area contributed by atoms with Crippen molar-refractivity contribution in [2.45, 2.75) is 20.0 Å². The molecule has 0 saturated carbocycles. The van der Waals surface area contributed by atoms with Crippen LogP contribution in [0, 0.1) is 13.8 Å². The van der Waals surface area contributed by atoms with E-state index < -0.39 is 11.9 Å². The number of benzene rings is 1. The van der Waals surface area contributed by atoms with Gasteiger partial charge in [-0.1, -0.05) is 17.7 Å². The minimum Gasteiger partial charge on any atom is -0.353 e. The zero-order valence-electron chi connectivity index (χ0n) is 18.2. The second kappa shape index (κ2) is 9.05. The standard InChI is InChI=1S/C23H23F3N6O/c1-15-3-6-18(7-4-15)29-22-28-16(2)13-20(30-22)31-9-11-32(12-10-31)21(33)17-5-8-19(27-14-17)23(24,25)26/h3-8,13-14H,9-12H2,1-2H3,(H,28,29,30). The van der Waals surface area contributed by atoms with Crippen molar-refractivity contribution in [3.63, 3.8) is 0 Å². The molecule has 10 heteroatoms. The normalized spacial score (nSPS) is 14.3. The van der Waals surface area contributed by atoms with Gasteiger partial charge in [0.15, 0.2) is 0 Å². The Balaban J connectivity index is 1.40. The van der Waals surface area contributed by atoms with Crippen molar-refractivity contribution in [3.05, 3.63) is 71.2 Å². The number of hydrogen-bond acceptors (Lipinski definition) is 6. The summed E-state index contributed by atoms with van der Waals surface area (Å²) in [6.07, 6.45) is -3.55. The van der Waals surface area contributed by atoms with E-state index >= 15 is 0 Å². The molecule has 0 aliphatic carbocycles. The molecule has 7 nitrogen and oxygen atoms in total. The molecule has 4 rings (SSSR count). The van der Waals surface area contributed by atoms with Gasteiger partial charge in [0.1, 0.15) is 11.5 Å². The Morgan fingerprint density at radius 1 is 0.970 bits per heavy atom. The molecule has 0 radical (unpaired) electrons. The number of halogens is 3. The van der Waals surface area contributed by atoms with Gasteiger partial charge in [0, 0.05) is 49.8 Å². The Kier molecular flexibility index (Phi) is 6.17. The second-order valence-electron chi connectivity index (χ2n) is 7.89. The lowest BCUT2D eigenvalue weighted by Crippen LogP contribution is -2.49. The van der Waals surface area contributed by atoms with Crippen LogP contribution >= 0.6 is 0 Å². The molecule has 0 spiro atoms. The average Bonchev–Trinajstić information content (AvgIpc) is 2.79. The minimum atomic E-state index is -4.53. The maximum atomic E-state index is 12.7. The van der Waals surface area contributed by atoms with Crippen LogP contribution in [0.25, 0.3) is 0 Å². The molecule has 2 aromatic heterocycles. The van der Waals surface area contributed by atoms with E-state index in [1.807, 2.05) is 44.2 Å². The first kappa shape index (κ1) is 22.5. The highest BCUT2D eigenvalue weighted by Crippen LogP contribution is 2.27. The predicted octanol–water partition coefficient (Wildman–Crippen LogP) is 4.21. The van der Waals surface area contributed by atoms with Gasteiger partial charge in [-0.05, 0) is 38.1 Å². The van der Waals surface area contributed by atoms with Gasteiger partial charge in [0.05, 0.1) is 5.56 Å². The summed E-state index contributed by atoms with van der Waals surface area (Å²) in [7, 11) is 0. The third-order valence-electron chi connectivity index (χ3n) is 5.34. The zero-order valence-corrected chi connectivity index (χ0v) is 18.2. The molecule has 1 aromatic carbocycles. The fraction of sp³-hybridized carbons (Fsp3) is 0.304. The van der Waals surface area contributed by atoms with Crippen LogP contribution in [0.15, 0.2) is 48.7 Å². The molecule has 1 aliphatic heterocycles. The van der Waals surface area contributed by atoms with Crippen LogP contribution in [0.3, 0.4) is 0 Å². The lowest BCUT2D eigenvalue weighted by atomic mass is 10.2. The van der Waals surface area contributed by atoms with E-state index in [9.17, 15) is 18.0 Å². The quantitative estimate of drug-likeness (QED) is 0.634. The predicted molar refractivity (Wildman–Crippen MR) is 119 cm³/mol. The number of nitrogens with one attached hydrogen (secondary N) is 1. The van der Waals surface area contributed by atoms with Crippen molar-refractivity contribution < 1.29 is 18.0 Å². The summed E-state index contributed by atoms with van der Waals surface area (Å²) in [6, 6.07) is 11.8. The van der Waals surface area contributed by atoms with Gasteiger partial charge in [-0.3, -0.25) is 9.78 Å². The highest BCUT2D eigenvalue weighted by atomic mass is 19.4. The number of hydrogen-bond donors (Lipinski definition) is 1. The van der Waals surface area contributed by atoms with E-state index in [2.05, 4.69) is 25.2 Å². The Bertz CT molecular complexity index is 1120. The van der Waals surface area contributed by atoms with E-state index in [1.165, 1.54) is 6.07 Å². The molecular formula is C23H23F3N6O. The van der Waals surface area contributed by atoms with Crippen molar-refractivity contribution in [1.82, 2.24) is 19.9 Å². The number of amides is 1. The Morgan fingerprint density at radius 2 is 1.67 bits per heavy atom. The SMILES string of the molecule is Cc1ccc(Nc2nc(C)cc(N3CCN(C(=O)c4ccc(C(F)(F)F)nc4)CC3)n2)cc1. The Labute approximate surface area is 189 Å². The number of alkyl halides is 3. The third kappa shape index (κ3) is 5.39. The molecular weight excluding hydrogens is 433 g/mol. The number of carbonyl (C=O) groups excluding carboxylic acids is 1. The van der Waals surface area contributed by atoms with Gasteiger partial charge in [-0.15, -0.1) is 0 Å². The number of carbonyl (C=O) groups is 1. The largest absolute Gasteiger partial charge is 0.433 e. The first-order chi connectivity index (χ1) is 15.7. The van der Waals surface area contributed by atoms with Crippen molar-refractivity contribution in [1.29, 1.82) is 0 Å². The lowest BCUT2D eigenvalue weighted by Gasteiger charge is -2.35. The summed E-state index contributed by atoms with van der Waals surface area (Å²) < 4.78 is 38.1. The molecule has 0 atom stereocenters. The maximum Gasteiger partial charge on any atom is 0.433 e. The van der Waals surface area contributed by atoms with Crippen LogP contribution in [-0.4, -0.2) is 51.9 Å². The smallest absolute Gasteiger partial charge is 0.353 e. The highest BCUT2D eigenvalue weighted by Gasteiger charge is 2.32. The first-order valence-corrected chi connectivity index (χ1v) is 10.5. The van der Waals surface area contributed by atoms with E-state index in [0.29, 0.717) is 32.1 Å². The van der Waals surface area contributed by atoms with Gasteiger partial charge in [-0.2, -0.15) is 18.2 Å². The van der Waals surface area contributed by atoms with Crippen LogP contribution in [0.5, 0.6) is 0 Å². The number of aromatic nitrogens is 3. The van der Waals surface area contributed by atoms with Gasteiger partial charge in [-0.25, -0.2) is 4.98 Å². The monoisotopic (exact) mass is 456 g/mol. The van der Waals surface area contributed by atoms with Crippen LogP contribution < -0.4 is 10.2 Å². The number of pyridine rings is 1. The highest BCUT2D eigenvalue weighted by molar-refractivity contribution is 5.94. The summed E-state index contributed by atoms with van der Waals surface area (Å²) in [6.45, 7) is 5.83. The van der Waals surface area contributed by atoms with Crippen LogP contribution in [0.1, 0.15) is 27.3 Å². The second-order valence-corrected chi connectivity index (χ2v) is 7.89. The van der Waals surface area contributed by atoms with Crippen LogP contribution in [0.2, 0.25) is 0 Å². The van der Waals surface area contributed by atoms with E-state index in [0.717, 1.165) is 35.0 Å². The maximum absolute atomic E-state index is 12.7. The van der Waals surface area contributed by atoms with Crippen molar-refractivity contribution >= 4 is 23.4 Å². The molecule has 1 fully saturated rings. The fourth-order valence-corrected chi connectivity index (χ4v) is 3.55. The van der Waals surface area contributed by atoms with Crippen molar-refractivity contribution in [3.8, 4) is 0 Å². The molecule has 0 unspecified atom stereocenters. The summed E-state index contributed by atoms with van der Waals surface area (Å²) in [5.41, 5.74) is 1.98. The molecule has 1 amide bonds. The lowest BCUT2D eigenvalue weighted by molar-refractivity contribution is -0.141. The minimum absolute atomic E-state index is 0.138. The summed E-state index contributed by atoms with van der Waals surface area (Å²) in [4.78, 5) is 28.8. The van der Waals surface area contributed by atoms with Crippen LogP contribution in [0.4, 0.5) is 30.6 Å². The Hall–Kier alpha value is -3.69. The number of piperazine rings is 1. The molecule has 1 saturated heterocycles. The molecule has 0 bridgehead atoms. The van der Waals surface area contributed by atoms with Gasteiger partial charge in [0.25, 0.3) is 5.91 Å².